The number of allylic oxidation sites excluding steroid dienone is 2. The number of hydrogen-bond donors (Lipinski definition) is 1. The quantitative estimate of drug-likeness (QED) is 0.325. The Bertz CT molecular complexity index is 1480. The van der Waals surface area contributed by atoms with Crippen molar-refractivity contribution < 1.29 is 29.0 Å². The number of carbonyl (C=O) groups excluding carboxylic acids is 4. The van der Waals surface area contributed by atoms with E-state index in [1.807, 2.05) is 36.4 Å². The maximum Gasteiger partial charge on any atom is 0.253 e. The van der Waals surface area contributed by atoms with Crippen LogP contribution in [0.15, 0.2) is 60.2 Å². The number of benzene rings is 2. The summed E-state index contributed by atoms with van der Waals surface area (Å²) in [5.41, 5.74) is 1.72. The first-order valence-electron chi connectivity index (χ1n) is 13.3. The van der Waals surface area contributed by atoms with Gasteiger partial charge in [-0.15, -0.1) is 23.2 Å². The minimum absolute atomic E-state index is 0.0966. The zero-order chi connectivity index (χ0) is 28.6. The molecule has 2 aromatic rings. The van der Waals surface area contributed by atoms with E-state index in [-0.39, 0.29) is 54.9 Å². The first kappa shape index (κ1) is 26.8. The standard InChI is InChI=1S/C30H28Cl2N2O6/c1-3-40-21-11-7-10-19(24(21)35)23-17-12-13-18-22(26(37)34(25(18)36)15-16-8-5-4-6-9-16)20(17)14-29(31)27(38)33(2)28(39)30(23,29)32/h4-12,18,20,22-23,35H,3,13-15H2,1-2H3/t18-,20+,22-,23+,29+,30-/m0/s1. The van der Waals surface area contributed by atoms with Crippen LogP contribution in [0.4, 0.5) is 0 Å². The molecule has 4 amide bonds. The zero-order valence-electron chi connectivity index (χ0n) is 22.0. The molecule has 2 heterocycles. The predicted molar refractivity (Wildman–Crippen MR) is 147 cm³/mol. The molecule has 208 valence electrons. The van der Waals surface area contributed by atoms with Gasteiger partial charge < -0.3 is 9.84 Å². The fraction of sp³-hybridized carbons (Fsp3) is 0.400. The van der Waals surface area contributed by atoms with Gasteiger partial charge in [-0.2, -0.15) is 0 Å². The maximum absolute atomic E-state index is 13.9. The number of carbonyl (C=O) groups is 4. The molecule has 2 saturated heterocycles. The molecule has 40 heavy (non-hydrogen) atoms. The molecule has 2 aliphatic carbocycles. The molecule has 2 aliphatic heterocycles. The van der Waals surface area contributed by atoms with E-state index >= 15 is 0 Å². The van der Waals surface area contributed by atoms with Crippen LogP contribution in [0.25, 0.3) is 0 Å². The summed E-state index contributed by atoms with van der Waals surface area (Å²) in [6.45, 7) is 2.20. The van der Waals surface area contributed by atoms with Crippen LogP contribution in [0.3, 0.4) is 0 Å². The number of rotatable bonds is 5. The number of phenols is 1. The number of hydrogen-bond acceptors (Lipinski definition) is 6. The Balaban J connectivity index is 1.49. The molecule has 1 saturated carbocycles. The highest BCUT2D eigenvalue weighted by molar-refractivity contribution is 6.53. The fourth-order valence-corrected chi connectivity index (χ4v) is 8.13. The summed E-state index contributed by atoms with van der Waals surface area (Å²) in [5.74, 6) is -5.07. The number of alkyl halides is 2. The molecule has 0 bridgehead atoms. The van der Waals surface area contributed by atoms with Crippen LogP contribution in [0.2, 0.25) is 0 Å². The number of amides is 4. The summed E-state index contributed by atoms with van der Waals surface area (Å²) in [4.78, 5) is 53.0. The van der Waals surface area contributed by atoms with E-state index in [4.69, 9.17) is 27.9 Å². The molecule has 0 aromatic heterocycles. The number of fused-ring (bicyclic) bond motifs is 4. The third-order valence-electron chi connectivity index (χ3n) is 8.93. The van der Waals surface area contributed by atoms with Crippen LogP contribution >= 0.6 is 23.2 Å². The second kappa shape index (κ2) is 9.35. The summed E-state index contributed by atoms with van der Waals surface area (Å²) >= 11 is 14.3. The van der Waals surface area contributed by atoms with Crippen molar-refractivity contribution in [3.63, 3.8) is 0 Å². The fourth-order valence-electron chi connectivity index (χ4n) is 7.12. The molecular weight excluding hydrogens is 555 g/mol. The SMILES string of the molecule is CCOc1cccc([C@H]2C3=CC[C@@H]4C(=O)N(Cc5ccccc5)C(=O)[C@@H]4[C@@H]3C[C@@]3(Cl)C(=O)N(C)C(=O)[C@@]23Cl)c1O. The van der Waals surface area contributed by atoms with Crippen LogP contribution in [0.5, 0.6) is 11.5 Å². The number of imide groups is 2. The summed E-state index contributed by atoms with van der Waals surface area (Å²) in [6, 6.07) is 14.1. The van der Waals surface area contributed by atoms with E-state index in [0.717, 1.165) is 10.5 Å². The van der Waals surface area contributed by atoms with Crippen molar-refractivity contribution in [2.45, 2.75) is 42.0 Å². The van der Waals surface area contributed by atoms with E-state index in [1.165, 1.54) is 11.9 Å². The van der Waals surface area contributed by atoms with Gasteiger partial charge in [0, 0.05) is 18.5 Å². The Morgan fingerprint density at radius 2 is 1.70 bits per heavy atom. The summed E-state index contributed by atoms with van der Waals surface area (Å²) in [5, 5.41) is 11.3. The Morgan fingerprint density at radius 3 is 2.40 bits per heavy atom. The van der Waals surface area contributed by atoms with Gasteiger partial charge in [-0.1, -0.05) is 54.1 Å². The third kappa shape index (κ3) is 3.45. The molecule has 6 atom stereocenters. The smallest absolute Gasteiger partial charge is 0.253 e. The molecule has 1 N–H and O–H groups in total. The summed E-state index contributed by atoms with van der Waals surface area (Å²) < 4.78 is 5.60. The van der Waals surface area contributed by atoms with E-state index < -0.39 is 45.2 Å². The van der Waals surface area contributed by atoms with Crippen LogP contribution in [0, 0.1) is 17.8 Å². The second-order valence-corrected chi connectivity index (χ2v) is 12.1. The Morgan fingerprint density at radius 1 is 0.975 bits per heavy atom. The van der Waals surface area contributed by atoms with Gasteiger partial charge in [-0.25, -0.2) is 0 Å². The lowest BCUT2D eigenvalue weighted by molar-refractivity contribution is -0.141. The van der Waals surface area contributed by atoms with E-state index in [2.05, 4.69) is 0 Å². The molecule has 3 fully saturated rings. The zero-order valence-corrected chi connectivity index (χ0v) is 23.5. The lowest BCUT2D eigenvalue weighted by Crippen LogP contribution is -2.60. The van der Waals surface area contributed by atoms with Gasteiger partial charge in [0.05, 0.1) is 25.0 Å². The van der Waals surface area contributed by atoms with Gasteiger partial charge in [0.1, 0.15) is 0 Å². The number of para-hydroxylation sites is 1. The van der Waals surface area contributed by atoms with Crippen molar-refractivity contribution in [3.05, 3.63) is 71.3 Å². The van der Waals surface area contributed by atoms with E-state index in [1.54, 1.807) is 25.1 Å². The van der Waals surface area contributed by atoms with Crippen molar-refractivity contribution in [2.24, 2.45) is 17.8 Å². The molecule has 10 heteroatoms. The van der Waals surface area contributed by atoms with Crippen molar-refractivity contribution in [1.29, 1.82) is 0 Å². The first-order chi connectivity index (χ1) is 19.1. The van der Waals surface area contributed by atoms with Crippen molar-refractivity contribution in [2.75, 3.05) is 13.7 Å². The maximum atomic E-state index is 13.9. The van der Waals surface area contributed by atoms with Crippen molar-refractivity contribution in [3.8, 4) is 11.5 Å². The predicted octanol–water partition coefficient (Wildman–Crippen LogP) is 3.98. The highest BCUT2D eigenvalue weighted by Crippen LogP contribution is 2.66. The second-order valence-electron chi connectivity index (χ2n) is 10.9. The van der Waals surface area contributed by atoms with Gasteiger partial charge in [-0.3, -0.25) is 29.0 Å². The summed E-state index contributed by atoms with van der Waals surface area (Å²) in [7, 11) is 1.33. The largest absolute Gasteiger partial charge is 0.504 e. The topological polar surface area (TPSA) is 104 Å². The van der Waals surface area contributed by atoms with Gasteiger partial charge in [0.15, 0.2) is 21.2 Å². The van der Waals surface area contributed by atoms with Gasteiger partial charge in [0.2, 0.25) is 11.8 Å². The lowest BCUT2D eigenvalue weighted by Gasteiger charge is -2.50. The molecule has 8 nitrogen and oxygen atoms in total. The monoisotopic (exact) mass is 582 g/mol. The molecule has 6 rings (SSSR count). The van der Waals surface area contributed by atoms with Crippen LogP contribution < -0.4 is 4.74 Å². The molecule has 0 radical (unpaired) electrons. The van der Waals surface area contributed by atoms with Gasteiger partial charge >= 0.3 is 0 Å². The number of halogens is 2. The molecule has 4 aliphatic rings. The molecule has 0 unspecified atom stereocenters. The minimum Gasteiger partial charge on any atom is -0.504 e. The third-order valence-corrected chi connectivity index (χ3v) is 10.3. The average molecular weight is 583 g/mol. The number of ether oxygens (including phenoxy) is 1. The first-order valence-corrected chi connectivity index (χ1v) is 14.1. The number of phenolic OH excluding ortho intramolecular Hbond substituents is 1. The van der Waals surface area contributed by atoms with E-state index in [0.29, 0.717) is 5.57 Å². The average Bonchev–Trinajstić information content (AvgIpc) is 3.26. The van der Waals surface area contributed by atoms with Crippen LogP contribution in [-0.2, 0) is 25.7 Å². The van der Waals surface area contributed by atoms with Gasteiger partial charge in [-0.05, 0) is 37.3 Å². The Kier molecular flexibility index (Phi) is 6.27. The minimum atomic E-state index is -1.97. The number of nitrogens with zero attached hydrogens (tertiary/aromatic N) is 2. The lowest BCUT2D eigenvalue weighted by atomic mass is 9.56. The summed E-state index contributed by atoms with van der Waals surface area (Å²) in [6.07, 6.45) is 2.01. The van der Waals surface area contributed by atoms with Crippen molar-refractivity contribution in [1.82, 2.24) is 9.80 Å². The van der Waals surface area contributed by atoms with Crippen LogP contribution in [0.1, 0.15) is 36.8 Å². The van der Waals surface area contributed by atoms with Crippen LogP contribution in [-0.4, -0.2) is 61.9 Å². The van der Waals surface area contributed by atoms with E-state index in [9.17, 15) is 24.3 Å². The molecule has 2 aromatic carbocycles. The Hall–Kier alpha value is -3.36. The highest BCUT2D eigenvalue weighted by Gasteiger charge is 2.76. The number of likely N-dealkylation sites (tertiary alicyclic amines) is 2. The Labute approximate surface area is 241 Å². The number of aromatic hydroxyl groups is 1. The molecular formula is C30H28Cl2N2O6. The highest BCUT2D eigenvalue weighted by atomic mass is 35.5. The normalized spacial score (nSPS) is 33.0. The van der Waals surface area contributed by atoms with Crippen molar-refractivity contribution >= 4 is 46.8 Å². The molecule has 0 spiro atoms. The van der Waals surface area contributed by atoms with Gasteiger partial charge in [0.25, 0.3) is 11.8 Å².